The van der Waals surface area contributed by atoms with E-state index in [1.54, 1.807) is 7.11 Å². The highest BCUT2D eigenvalue weighted by Gasteiger charge is 2.25. The van der Waals surface area contributed by atoms with Gasteiger partial charge in [0.1, 0.15) is 5.75 Å². The minimum Gasteiger partial charge on any atom is -0.496 e. The first-order chi connectivity index (χ1) is 10.0. The quantitative estimate of drug-likeness (QED) is 0.849. The Kier molecular flexibility index (Phi) is 5.48. The van der Waals surface area contributed by atoms with Crippen molar-refractivity contribution in [1.29, 1.82) is 0 Å². The monoisotopic (exact) mass is 311 g/mol. The second-order valence-corrected chi connectivity index (χ2v) is 6.14. The van der Waals surface area contributed by atoms with Crippen molar-refractivity contribution >= 4 is 17.6 Å². The third kappa shape index (κ3) is 4.11. The number of hydrogen-bond donors (Lipinski definition) is 1. The zero-order chi connectivity index (χ0) is 15.4. The van der Waals surface area contributed by atoms with Crippen molar-refractivity contribution in [2.24, 2.45) is 5.92 Å². The number of benzene rings is 1. The topological polar surface area (TPSA) is 49.8 Å². The molecule has 0 aromatic heterocycles. The SMILES string of the molecule is COc1ccc(C(Cl)CN2CCC(C(=O)O)CC2)cc1C. The minimum atomic E-state index is -0.678. The van der Waals surface area contributed by atoms with Crippen LogP contribution in [0.25, 0.3) is 0 Å². The number of likely N-dealkylation sites (tertiary alicyclic amines) is 1. The van der Waals surface area contributed by atoms with Crippen LogP contribution in [0.4, 0.5) is 0 Å². The Morgan fingerprint density at radius 3 is 2.67 bits per heavy atom. The van der Waals surface area contributed by atoms with Crippen LogP contribution >= 0.6 is 11.6 Å². The van der Waals surface area contributed by atoms with Crippen molar-refractivity contribution in [3.8, 4) is 5.75 Å². The first-order valence-electron chi connectivity index (χ1n) is 7.25. The Morgan fingerprint density at radius 1 is 1.48 bits per heavy atom. The molecule has 0 bridgehead atoms. The van der Waals surface area contributed by atoms with E-state index >= 15 is 0 Å². The number of carboxylic acids is 1. The maximum atomic E-state index is 10.9. The second-order valence-electron chi connectivity index (χ2n) is 5.61. The molecule has 1 aromatic rings. The van der Waals surface area contributed by atoms with Crippen molar-refractivity contribution < 1.29 is 14.6 Å². The minimum absolute atomic E-state index is 0.0871. The first kappa shape index (κ1) is 16.1. The van der Waals surface area contributed by atoms with Crippen LogP contribution in [0.2, 0.25) is 0 Å². The molecule has 0 saturated carbocycles. The van der Waals surface area contributed by atoms with Gasteiger partial charge < -0.3 is 14.7 Å². The lowest BCUT2D eigenvalue weighted by Gasteiger charge is -2.31. The Labute approximate surface area is 130 Å². The highest BCUT2D eigenvalue weighted by molar-refractivity contribution is 6.21. The standard InChI is InChI=1S/C16H22ClNO3/c1-11-9-13(3-4-15(11)21-2)14(17)10-18-7-5-12(6-8-18)16(19)20/h3-4,9,12,14H,5-8,10H2,1-2H3,(H,19,20). The average molecular weight is 312 g/mol. The number of carboxylic acid groups (broad SMARTS) is 1. The van der Waals surface area contributed by atoms with Crippen LogP contribution in [0.5, 0.6) is 5.75 Å². The molecular weight excluding hydrogens is 290 g/mol. The fraction of sp³-hybridized carbons (Fsp3) is 0.562. The fourth-order valence-corrected chi connectivity index (χ4v) is 3.12. The molecule has 1 aliphatic rings. The summed E-state index contributed by atoms with van der Waals surface area (Å²) in [7, 11) is 1.66. The van der Waals surface area contributed by atoms with E-state index in [-0.39, 0.29) is 11.3 Å². The van der Waals surface area contributed by atoms with Gasteiger partial charge >= 0.3 is 5.97 Å². The summed E-state index contributed by atoms with van der Waals surface area (Å²) in [5.41, 5.74) is 2.15. The van der Waals surface area contributed by atoms with E-state index < -0.39 is 5.97 Å². The van der Waals surface area contributed by atoms with Crippen molar-refractivity contribution in [2.75, 3.05) is 26.7 Å². The Balaban J connectivity index is 1.91. The normalized spacial score (nSPS) is 18.4. The predicted octanol–water partition coefficient (Wildman–Crippen LogP) is 3.08. The maximum Gasteiger partial charge on any atom is 0.306 e. The Morgan fingerprint density at radius 2 is 2.14 bits per heavy atom. The van der Waals surface area contributed by atoms with Gasteiger partial charge in [-0.05, 0) is 50.0 Å². The highest BCUT2D eigenvalue weighted by atomic mass is 35.5. The summed E-state index contributed by atoms with van der Waals surface area (Å²) in [6, 6.07) is 5.99. The van der Waals surface area contributed by atoms with E-state index in [4.69, 9.17) is 21.4 Å². The van der Waals surface area contributed by atoms with E-state index in [1.807, 2.05) is 19.1 Å². The van der Waals surface area contributed by atoms with Gasteiger partial charge in [0.05, 0.1) is 18.4 Å². The molecule has 1 aliphatic heterocycles. The fourth-order valence-electron chi connectivity index (χ4n) is 2.79. The summed E-state index contributed by atoms with van der Waals surface area (Å²) < 4.78 is 5.25. The van der Waals surface area contributed by atoms with Gasteiger partial charge in [-0.2, -0.15) is 0 Å². The van der Waals surface area contributed by atoms with E-state index in [2.05, 4.69) is 11.0 Å². The van der Waals surface area contributed by atoms with Gasteiger partial charge in [0.15, 0.2) is 0 Å². The number of rotatable bonds is 5. The third-order valence-electron chi connectivity index (χ3n) is 4.14. The molecule has 0 amide bonds. The van der Waals surface area contributed by atoms with Gasteiger partial charge in [-0.3, -0.25) is 4.79 Å². The van der Waals surface area contributed by atoms with Gasteiger partial charge in [0, 0.05) is 6.54 Å². The molecule has 1 aromatic carbocycles. The predicted molar refractivity (Wildman–Crippen MR) is 83.1 cm³/mol. The van der Waals surface area contributed by atoms with E-state index in [0.29, 0.717) is 12.8 Å². The number of hydrogen-bond acceptors (Lipinski definition) is 3. The lowest BCUT2D eigenvalue weighted by Crippen LogP contribution is -2.37. The number of methoxy groups -OCH3 is 1. The average Bonchev–Trinajstić information content (AvgIpc) is 2.47. The zero-order valence-corrected chi connectivity index (χ0v) is 13.3. The molecule has 116 valence electrons. The number of aryl methyl sites for hydroxylation is 1. The van der Waals surface area contributed by atoms with Gasteiger partial charge in [0.25, 0.3) is 0 Å². The third-order valence-corrected chi connectivity index (χ3v) is 4.53. The maximum absolute atomic E-state index is 10.9. The number of nitrogens with zero attached hydrogens (tertiary/aromatic N) is 1. The largest absolute Gasteiger partial charge is 0.496 e. The van der Waals surface area contributed by atoms with Gasteiger partial charge in [-0.25, -0.2) is 0 Å². The van der Waals surface area contributed by atoms with Crippen molar-refractivity contribution in [1.82, 2.24) is 4.90 Å². The molecule has 5 heteroatoms. The number of halogens is 1. The first-order valence-corrected chi connectivity index (χ1v) is 7.68. The zero-order valence-electron chi connectivity index (χ0n) is 12.5. The van der Waals surface area contributed by atoms with Crippen LogP contribution in [-0.4, -0.2) is 42.7 Å². The van der Waals surface area contributed by atoms with Gasteiger partial charge in [-0.1, -0.05) is 12.1 Å². The van der Waals surface area contributed by atoms with Crippen LogP contribution in [0, 0.1) is 12.8 Å². The number of carbonyl (C=O) groups is 1. The van der Waals surface area contributed by atoms with Crippen molar-refractivity contribution in [3.63, 3.8) is 0 Å². The molecule has 0 spiro atoms. The van der Waals surface area contributed by atoms with Crippen LogP contribution in [0.1, 0.15) is 29.3 Å². The number of alkyl halides is 1. The van der Waals surface area contributed by atoms with Crippen molar-refractivity contribution in [3.05, 3.63) is 29.3 Å². The van der Waals surface area contributed by atoms with Crippen LogP contribution in [0.3, 0.4) is 0 Å². The molecule has 1 atom stereocenters. The lowest BCUT2D eigenvalue weighted by molar-refractivity contribution is -0.143. The summed E-state index contributed by atoms with van der Waals surface area (Å²) in [5.74, 6) is -0.00833. The summed E-state index contributed by atoms with van der Waals surface area (Å²) in [6.07, 6.45) is 1.42. The second kappa shape index (κ2) is 7.14. The summed E-state index contributed by atoms with van der Waals surface area (Å²) in [5, 5.41) is 8.92. The lowest BCUT2D eigenvalue weighted by atomic mass is 9.96. The smallest absolute Gasteiger partial charge is 0.306 e. The molecule has 0 aliphatic carbocycles. The molecule has 1 saturated heterocycles. The summed E-state index contributed by atoms with van der Waals surface area (Å²) in [4.78, 5) is 13.2. The van der Waals surface area contributed by atoms with Gasteiger partial charge in [0.2, 0.25) is 0 Å². The van der Waals surface area contributed by atoms with Crippen LogP contribution < -0.4 is 4.74 Å². The van der Waals surface area contributed by atoms with Crippen molar-refractivity contribution in [2.45, 2.75) is 25.1 Å². The molecule has 2 rings (SSSR count). The Bertz CT molecular complexity index is 498. The molecular formula is C16H22ClNO3. The molecule has 1 fully saturated rings. The summed E-state index contributed by atoms with van der Waals surface area (Å²) in [6.45, 7) is 4.36. The Hall–Kier alpha value is -1.26. The van der Waals surface area contributed by atoms with Gasteiger partial charge in [-0.15, -0.1) is 11.6 Å². The molecule has 4 nitrogen and oxygen atoms in total. The summed E-state index contributed by atoms with van der Waals surface area (Å²) >= 11 is 6.51. The van der Waals surface area contributed by atoms with E-state index in [0.717, 1.165) is 36.5 Å². The number of ether oxygens (including phenoxy) is 1. The molecule has 0 radical (unpaired) electrons. The number of piperidine rings is 1. The molecule has 1 unspecified atom stereocenters. The molecule has 21 heavy (non-hydrogen) atoms. The highest BCUT2D eigenvalue weighted by Crippen LogP contribution is 2.28. The van der Waals surface area contributed by atoms with E-state index in [1.165, 1.54) is 0 Å². The van der Waals surface area contributed by atoms with Crippen LogP contribution in [-0.2, 0) is 4.79 Å². The van der Waals surface area contributed by atoms with Crippen LogP contribution in [0.15, 0.2) is 18.2 Å². The molecule has 1 N–H and O–H groups in total. The number of aliphatic carboxylic acids is 1. The molecule has 1 heterocycles. The van der Waals surface area contributed by atoms with E-state index in [9.17, 15) is 4.79 Å².